The SMILES string of the molecule is CN1CC23C[C@@]4(Cc5c(cc(C(N)=O)c(=O)n5C)C[C@@]4(O)[C@H]12)c1cc(O)ccc13. The zero-order chi connectivity index (χ0) is 20.5. The van der Waals surface area contributed by atoms with Gasteiger partial charge in [-0.2, -0.15) is 0 Å². The van der Waals surface area contributed by atoms with Crippen LogP contribution in [0.25, 0.3) is 0 Å². The maximum atomic E-state index is 12.7. The lowest BCUT2D eigenvalue weighted by Gasteiger charge is -2.61. The van der Waals surface area contributed by atoms with Crippen molar-refractivity contribution in [1.82, 2.24) is 9.47 Å². The molecular formula is C22H23N3O4. The third-order valence-electron chi connectivity index (χ3n) is 8.27. The van der Waals surface area contributed by atoms with Crippen molar-refractivity contribution in [3.8, 4) is 5.75 Å². The number of likely N-dealkylation sites (tertiary alicyclic amines) is 1. The first-order valence-electron chi connectivity index (χ1n) is 9.93. The largest absolute Gasteiger partial charge is 0.508 e. The highest BCUT2D eigenvalue weighted by atomic mass is 16.3. The summed E-state index contributed by atoms with van der Waals surface area (Å²) in [5.74, 6) is -0.557. The minimum absolute atomic E-state index is 0.0329. The van der Waals surface area contributed by atoms with Crippen LogP contribution in [0.2, 0.25) is 0 Å². The van der Waals surface area contributed by atoms with E-state index in [0.717, 1.165) is 29.8 Å². The number of nitrogens with two attached hydrogens (primary N) is 1. The van der Waals surface area contributed by atoms with Gasteiger partial charge in [-0.15, -0.1) is 0 Å². The number of likely N-dealkylation sites (N-methyl/N-ethyl adjacent to an activating group) is 1. The second-order valence-corrected chi connectivity index (χ2v) is 9.50. The summed E-state index contributed by atoms with van der Waals surface area (Å²) in [5.41, 5.74) is 7.09. The van der Waals surface area contributed by atoms with Gasteiger partial charge in [0.15, 0.2) is 0 Å². The highest BCUT2D eigenvalue weighted by Crippen LogP contribution is 2.72. The Morgan fingerprint density at radius 1 is 1.21 bits per heavy atom. The lowest BCUT2D eigenvalue weighted by atomic mass is 9.55. The van der Waals surface area contributed by atoms with Gasteiger partial charge in [0.05, 0.1) is 11.6 Å². The molecule has 2 spiro atoms. The molecule has 1 amide bonds. The Kier molecular flexibility index (Phi) is 2.82. The van der Waals surface area contributed by atoms with E-state index in [1.165, 1.54) is 10.1 Å². The van der Waals surface area contributed by atoms with Crippen molar-refractivity contribution in [3.05, 3.63) is 62.6 Å². The highest BCUT2D eigenvalue weighted by molar-refractivity contribution is 5.92. The predicted octanol–water partition coefficient (Wildman–Crippen LogP) is -0.0734. The van der Waals surface area contributed by atoms with Gasteiger partial charge in [-0.3, -0.25) is 14.5 Å². The van der Waals surface area contributed by atoms with E-state index in [1.54, 1.807) is 25.2 Å². The fourth-order valence-corrected chi connectivity index (χ4v) is 7.43. The molecule has 1 aromatic carbocycles. The van der Waals surface area contributed by atoms with Gasteiger partial charge in [-0.1, -0.05) is 6.07 Å². The molecule has 1 aliphatic heterocycles. The Morgan fingerprint density at radius 3 is 2.66 bits per heavy atom. The highest BCUT2D eigenvalue weighted by Gasteiger charge is 2.80. The molecule has 4 atom stereocenters. The Labute approximate surface area is 167 Å². The molecular weight excluding hydrogens is 370 g/mol. The van der Waals surface area contributed by atoms with E-state index >= 15 is 0 Å². The van der Waals surface area contributed by atoms with E-state index in [9.17, 15) is 19.8 Å². The molecule has 1 unspecified atom stereocenters. The van der Waals surface area contributed by atoms with Crippen LogP contribution < -0.4 is 11.3 Å². The Bertz CT molecular complexity index is 1200. The van der Waals surface area contributed by atoms with Gasteiger partial charge in [-0.05, 0) is 48.4 Å². The number of phenols is 1. The number of pyridine rings is 1. The van der Waals surface area contributed by atoms with Crippen LogP contribution in [-0.4, -0.2) is 50.8 Å². The first-order valence-corrected chi connectivity index (χ1v) is 9.93. The van der Waals surface area contributed by atoms with Crippen molar-refractivity contribution in [2.45, 2.75) is 41.7 Å². The summed E-state index contributed by atoms with van der Waals surface area (Å²) >= 11 is 0. The summed E-state index contributed by atoms with van der Waals surface area (Å²) in [5, 5.41) is 22.4. The first-order chi connectivity index (χ1) is 13.6. The second kappa shape index (κ2) is 4.74. The number of hydrogen-bond acceptors (Lipinski definition) is 5. The normalized spacial score (nSPS) is 36.0. The van der Waals surface area contributed by atoms with Crippen molar-refractivity contribution in [2.75, 3.05) is 13.6 Å². The molecule has 1 saturated carbocycles. The van der Waals surface area contributed by atoms with Crippen molar-refractivity contribution < 1.29 is 15.0 Å². The number of aliphatic hydroxyl groups is 1. The monoisotopic (exact) mass is 393 g/mol. The van der Waals surface area contributed by atoms with Crippen molar-refractivity contribution >= 4 is 5.91 Å². The van der Waals surface area contributed by atoms with Crippen LogP contribution in [0.4, 0.5) is 0 Å². The standard InChI is InChI=1S/C22H23N3O4/c1-24-10-20-9-21(15-6-12(26)3-4-14(15)20)8-16-11(7-22(21,29)19(20)24)5-13(17(23)27)18(28)25(16)2/h3-6,19,26,29H,7-10H2,1-2H3,(H2,23,27)/t19-,20?,21+,22-/m1/s1. The van der Waals surface area contributed by atoms with Gasteiger partial charge in [0.1, 0.15) is 11.3 Å². The summed E-state index contributed by atoms with van der Waals surface area (Å²) in [7, 11) is 3.70. The minimum Gasteiger partial charge on any atom is -0.508 e. The zero-order valence-electron chi connectivity index (χ0n) is 16.4. The quantitative estimate of drug-likeness (QED) is 0.628. The average molecular weight is 393 g/mol. The number of primary amides is 1. The molecule has 4 N–H and O–H groups in total. The third kappa shape index (κ3) is 1.62. The van der Waals surface area contributed by atoms with Crippen LogP contribution in [0.5, 0.6) is 5.75 Å². The number of rotatable bonds is 1. The molecule has 2 heterocycles. The molecule has 1 aromatic heterocycles. The van der Waals surface area contributed by atoms with Crippen LogP contribution in [0.3, 0.4) is 0 Å². The number of fused-ring (bicyclic) bond motifs is 3. The van der Waals surface area contributed by atoms with E-state index in [0.29, 0.717) is 12.8 Å². The molecule has 0 radical (unpaired) electrons. The van der Waals surface area contributed by atoms with Gasteiger partial charge in [0.25, 0.3) is 11.5 Å². The van der Waals surface area contributed by atoms with Crippen LogP contribution in [0, 0.1) is 0 Å². The van der Waals surface area contributed by atoms with Crippen LogP contribution >= 0.6 is 0 Å². The number of phenolic OH excluding ortho intramolecular Hbond substituents is 1. The molecule has 7 heteroatoms. The number of carbonyl (C=O) groups excluding carboxylic acids is 1. The summed E-state index contributed by atoms with van der Waals surface area (Å²) < 4.78 is 1.52. The van der Waals surface area contributed by atoms with E-state index < -0.39 is 22.5 Å². The maximum Gasteiger partial charge on any atom is 0.263 e. The summed E-state index contributed by atoms with van der Waals surface area (Å²) in [6, 6.07) is 7.07. The minimum atomic E-state index is -1.04. The number of hydrogen-bond donors (Lipinski definition) is 3. The van der Waals surface area contributed by atoms with Gasteiger partial charge >= 0.3 is 0 Å². The fraction of sp³-hybridized carbons (Fsp3) is 0.455. The Morgan fingerprint density at radius 2 is 1.97 bits per heavy atom. The van der Waals surface area contributed by atoms with Crippen molar-refractivity contribution in [2.24, 2.45) is 12.8 Å². The molecule has 2 fully saturated rings. The Hall–Kier alpha value is -2.64. The molecule has 3 aliphatic carbocycles. The molecule has 4 aliphatic rings. The van der Waals surface area contributed by atoms with Crippen molar-refractivity contribution in [3.63, 3.8) is 0 Å². The van der Waals surface area contributed by atoms with Crippen LogP contribution in [0.15, 0.2) is 29.1 Å². The molecule has 150 valence electrons. The van der Waals surface area contributed by atoms with Crippen LogP contribution in [-0.2, 0) is 30.7 Å². The third-order valence-corrected chi connectivity index (χ3v) is 8.27. The lowest BCUT2D eigenvalue weighted by molar-refractivity contribution is -0.126. The fourth-order valence-electron chi connectivity index (χ4n) is 7.43. The zero-order valence-corrected chi connectivity index (χ0v) is 16.4. The second-order valence-electron chi connectivity index (χ2n) is 9.50. The molecule has 2 bridgehead atoms. The van der Waals surface area contributed by atoms with E-state index in [2.05, 4.69) is 4.90 Å². The number of carbonyl (C=O) groups is 1. The van der Waals surface area contributed by atoms with E-state index in [-0.39, 0.29) is 22.8 Å². The number of benzene rings is 1. The van der Waals surface area contributed by atoms with E-state index in [4.69, 9.17) is 5.73 Å². The molecule has 2 aromatic rings. The number of amides is 1. The topological polar surface area (TPSA) is 109 Å². The molecule has 29 heavy (non-hydrogen) atoms. The molecule has 7 nitrogen and oxygen atoms in total. The van der Waals surface area contributed by atoms with Gasteiger partial charge < -0.3 is 20.5 Å². The Balaban J connectivity index is 1.65. The van der Waals surface area contributed by atoms with Gasteiger partial charge in [-0.25, -0.2) is 0 Å². The van der Waals surface area contributed by atoms with E-state index in [1.807, 2.05) is 13.1 Å². The summed E-state index contributed by atoms with van der Waals surface area (Å²) in [4.78, 5) is 26.7. The molecule has 1 saturated heterocycles. The number of aromatic nitrogens is 1. The number of nitrogens with zero attached hydrogens (tertiary/aromatic N) is 2. The smallest absolute Gasteiger partial charge is 0.263 e. The summed E-state index contributed by atoms with van der Waals surface area (Å²) in [6.45, 7) is 0.862. The maximum absolute atomic E-state index is 12.7. The predicted molar refractivity (Wildman–Crippen MR) is 105 cm³/mol. The summed E-state index contributed by atoms with van der Waals surface area (Å²) in [6.07, 6.45) is 1.64. The van der Waals surface area contributed by atoms with Gasteiger partial charge in [0.2, 0.25) is 0 Å². The van der Waals surface area contributed by atoms with Crippen molar-refractivity contribution in [1.29, 1.82) is 0 Å². The van der Waals surface area contributed by atoms with Crippen LogP contribution in [0.1, 0.15) is 39.2 Å². The first kappa shape index (κ1) is 17.2. The average Bonchev–Trinajstić information content (AvgIpc) is 3.01. The van der Waals surface area contributed by atoms with Gasteiger partial charge in [0, 0.05) is 43.0 Å². The number of aromatic hydroxyl groups is 1. The lowest BCUT2D eigenvalue weighted by Crippen LogP contribution is -2.74. The molecule has 6 rings (SSSR count).